The second-order valence-corrected chi connectivity index (χ2v) is 19.1. The van der Waals surface area contributed by atoms with Gasteiger partial charge in [-0.05, 0) is 122 Å². The predicted molar refractivity (Wildman–Crippen MR) is 296 cm³/mol. The van der Waals surface area contributed by atoms with E-state index in [0.717, 1.165) is 46.1 Å². The van der Waals surface area contributed by atoms with E-state index in [1.165, 1.54) is 57.0 Å². The molecule has 2 unspecified atom stereocenters. The normalized spacial score (nSPS) is 12.4. The van der Waals surface area contributed by atoms with Gasteiger partial charge in [0.05, 0.1) is 71.5 Å². The highest BCUT2D eigenvalue weighted by molar-refractivity contribution is 6.08. The van der Waals surface area contributed by atoms with Gasteiger partial charge in [-0.15, -0.1) is 0 Å². The Morgan fingerprint density at radius 3 is 1.35 bits per heavy atom. The molecule has 0 saturated carbocycles. The van der Waals surface area contributed by atoms with Crippen molar-refractivity contribution in [2.75, 3.05) is 28.3 Å². The minimum absolute atomic E-state index is 0.0155. The van der Waals surface area contributed by atoms with Crippen molar-refractivity contribution in [2.24, 2.45) is 0 Å². The third kappa shape index (κ3) is 12.9. The summed E-state index contributed by atoms with van der Waals surface area (Å²) in [5.41, 5.74) is 4.79. The van der Waals surface area contributed by atoms with Crippen LogP contribution in [0.3, 0.4) is 0 Å². The number of carbonyl (C=O) groups excluding carboxylic acids is 1. The maximum Gasteiger partial charge on any atom is 0.433 e. The van der Waals surface area contributed by atoms with E-state index in [9.17, 15) is 41.0 Å². The standard InChI is InChI=1S/C31H29F3N6O2.C29H24F3N5O3/c1-19(35-17-20-11-13-22(42-4)14-12-20)25-7-5-8-26(37-25)21-15-23(30(41)39(2)3)24-18-36-40(27(24)16-21)29-10-6-9-28(38-29)31(32,33)34;1-17(33-15-18-9-11-20(40-2)12-10-18)23-5-3-6-24(35-23)19-13-21(28(38)39)22-16-34-37(25(22)14-19)27-8-4-7-26(36-27)29(30,31)32/h5-16,18-19,35H,17H2,1-4H3;3-14,16-17,33H,15H2,1-2H3,(H,38,39). The first-order chi connectivity index (χ1) is 39.2. The predicted octanol–water partition coefficient (Wildman–Crippen LogP) is 12.1. The molecule has 6 aromatic heterocycles. The molecule has 0 spiro atoms. The van der Waals surface area contributed by atoms with Crippen LogP contribution in [0.15, 0.2) is 158 Å². The van der Waals surface area contributed by atoms with Crippen LogP contribution in [-0.2, 0) is 25.4 Å². The van der Waals surface area contributed by atoms with E-state index in [0.29, 0.717) is 57.6 Å². The van der Waals surface area contributed by atoms with Crippen molar-refractivity contribution < 1.29 is 50.5 Å². The maximum atomic E-state index is 13.4. The molecule has 10 rings (SSSR count). The molecule has 6 heterocycles. The largest absolute Gasteiger partial charge is 0.497 e. The average Bonchev–Trinajstić information content (AvgIpc) is 4.25. The van der Waals surface area contributed by atoms with Gasteiger partial charge in [-0.3, -0.25) is 14.8 Å². The Morgan fingerprint density at radius 2 is 0.963 bits per heavy atom. The van der Waals surface area contributed by atoms with Crippen molar-refractivity contribution >= 4 is 33.7 Å². The van der Waals surface area contributed by atoms with Gasteiger partial charge in [0.2, 0.25) is 0 Å². The van der Waals surface area contributed by atoms with Crippen LogP contribution in [0.2, 0.25) is 0 Å². The highest BCUT2D eigenvalue weighted by Gasteiger charge is 2.34. The summed E-state index contributed by atoms with van der Waals surface area (Å²) < 4.78 is 92.9. The molecule has 82 heavy (non-hydrogen) atoms. The number of pyridine rings is 4. The molecule has 2 atom stereocenters. The van der Waals surface area contributed by atoms with Gasteiger partial charge in [0.15, 0.2) is 11.6 Å². The molecule has 4 aromatic carbocycles. The molecule has 0 aliphatic heterocycles. The first kappa shape index (κ1) is 57.2. The van der Waals surface area contributed by atoms with Crippen LogP contribution in [0, 0.1) is 0 Å². The van der Waals surface area contributed by atoms with Crippen LogP contribution in [-0.4, -0.2) is 89.7 Å². The van der Waals surface area contributed by atoms with Crippen molar-refractivity contribution in [2.45, 2.75) is 51.4 Å². The highest BCUT2D eigenvalue weighted by atomic mass is 19.4. The maximum absolute atomic E-state index is 13.4. The fourth-order valence-electron chi connectivity index (χ4n) is 8.85. The Labute approximate surface area is 466 Å². The lowest BCUT2D eigenvalue weighted by Crippen LogP contribution is -2.22. The van der Waals surface area contributed by atoms with Crippen molar-refractivity contribution in [3.63, 3.8) is 0 Å². The zero-order valence-electron chi connectivity index (χ0n) is 45.0. The van der Waals surface area contributed by atoms with Gasteiger partial charge >= 0.3 is 18.3 Å². The minimum atomic E-state index is -4.64. The number of carboxylic acids is 1. The third-order valence-corrected chi connectivity index (χ3v) is 13.3. The van der Waals surface area contributed by atoms with Gasteiger partial charge in [0, 0.05) is 61.2 Å². The highest BCUT2D eigenvalue weighted by Crippen LogP contribution is 2.34. The van der Waals surface area contributed by atoms with Crippen molar-refractivity contribution in [3.05, 3.63) is 203 Å². The van der Waals surface area contributed by atoms with E-state index in [-0.39, 0.29) is 40.6 Å². The number of alkyl halides is 6. The second-order valence-electron chi connectivity index (χ2n) is 19.1. The van der Waals surface area contributed by atoms with E-state index in [4.69, 9.17) is 19.4 Å². The van der Waals surface area contributed by atoms with Gasteiger partial charge in [-0.1, -0.05) is 48.5 Å². The van der Waals surface area contributed by atoms with Crippen LogP contribution in [0.4, 0.5) is 26.3 Å². The smallest absolute Gasteiger partial charge is 0.433 e. The molecule has 0 saturated heterocycles. The summed E-state index contributed by atoms with van der Waals surface area (Å²) in [6.45, 7) is 5.19. The number of aromatic carboxylic acids is 1. The lowest BCUT2D eigenvalue weighted by Gasteiger charge is -2.16. The van der Waals surface area contributed by atoms with Gasteiger partial charge in [-0.2, -0.15) is 36.5 Å². The van der Waals surface area contributed by atoms with E-state index in [2.05, 4.69) is 30.8 Å². The first-order valence-corrected chi connectivity index (χ1v) is 25.4. The van der Waals surface area contributed by atoms with Crippen LogP contribution >= 0.6 is 0 Å². The Kier molecular flexibility index (Phi) is 16.8. The summed E-state index contributed by atoms with van der Waals surface area (Å²) >= 11 is 0. The van der Waals surface area contributed by atoms with E-state index >= 15 is 0 Å². The summed E-state index contributed by atoms with van der Waals surface area (Å²) in [7, 11) is 6.51. The Bertz CT molecular complexity index is 3920. The van der Waals surface area contributed by atoms with Crippen LogP contribution in [0.25, 0.3) is 56.0 Å². The van der Waals surface area contributed by atoms with Crippen LogP contribution in [0.1, 0.15) is 80.5 Å². The lowest BCUT2D eigenvalue weighted by molar-refractivity contribution is -0.141. The number of halogens is 6. The molecular weight excluding hydrogens is 1070 g/mol. The number of nitrogens with one attached hydrogen (secondary N) is 2. The van der Waals surface area contributed by atoms with Crippen LogP contribution in [0.5, 0.6) is 11.5 Å². The zero-order chi connectivity index (χ0) is 58.5. The van der Waals surface area contributed by atoms with E-state index in [1.54, 1.807) is 52.6 Å². The molecule has 22 heteroatoms. The number of aromatic nitrogens is 8. The molecule has 0 bridgehead atoms. The summed E-state index contributed by atoms with van der Waals surface area (Å²) in [5.74, 6) is -0.0164. The summed E-state index contributed by atoms with van der Waals surface area (Å²) in [4.78, 5) is 43.9. The first-order valence-electron chi connectivity index (χ1n) is 25.4. The monoisotopic (exact) mass is 1120 g/mol. The number of carbonyl (C=O) groups is 2. The van der Waals surface area contributed by atoms with Gasteiger partial charge in [0.1, 0.15) is 22.9 Å². The quantitative estimate of drug-likeness (QED) is 0.0777. The topological polar surface area (TPSA) is 187 Å². The second kappa shape index (κ2) is 24.0. The van der Waals surface area contributed by atoms with E-state index < -0.39 is 29.7 Å². The van der Waals surface area contributed by atoms with Gasteiger partial charge in [0.25, 0.3) is 5.91 Å². The summed E-state index contributed by atoms with van der Waals surface area (Å²) in [5, 5.41) is 26.0. The molecule has 0 fully saturated rings. The molecule has 16 nitrogen and oxygen atoms in total. The SMILES string of the molecule is COc1ccc(CNC(C)c2cccc(-c3cc(C(=O)N(C)C)c4cnn(-c5cccc(C(F)(F)F)n5)c4c3)n2)cc1.COc1ccc(CNC(C)c2cccc(-c3cc(C(=O)O)c4cnn(-c5cccc(C(F)(F)F)n5)c4c3)n2)cc1. The van der Waals surface area contributed by atoms with Gasteiger partial charge < -0.3 is 30.1 Å². The zero-order valence-corrected chi connectivity index (χ0v) is 45.0. The van der Waals surface area contributed by atoms with Crippen molar-refractivity contribution in [1.29, 1.82) is 0 Å². The molecule has 3 N–H and O–H groups in total. The van der Waals surface area contributed by atoms with Crippen LogP contribution < -0.4 is 20.1 Å². The fourth-order valence-corrected chi connectivity index (χ4v) is 8.85. The Hall–Kier alpha value is -9.54. The molecule has 0 aliphatic rings. The Morgan fingerprint density at radius 1 is 0.561 bits per heavy atom. The number of ether oxygens (including phenoxy) is 2. The number of nitrogens with zero attached hydrogens (tertiary/aromatic N) is 9. The van der Waals surface area contributed by atoms with Crippen molar-refractivity contribution in [1.82, 2.24) is 55.0 Å². The molecular formula is C60H53F6N11O5. The van der Waals surface area contributed by atoms with Crippen molar-refractivity contribution in [3.8, 4) is 45.6 Å². The number of rotatable bonds is 16. The Balaban J connectivity index is 0.000000198. The number of methoxy groups -OCH3 is 2. The number of carboxylic acid groups (broad SMARTS) is 1. The number of fused-ring (bicyclic) bond motifs is 2. The molecule has 0 radical (unpaired) electrons. The summed E-state index contributed by atoms with van der Waals surface area (Å²) in [6, 6.07) is 40.0. The number of amides is 1. The number of benzene rings is 4. The minimum Gasteiger partial charge on any atom is -0.497 e. The molecule has 0 aliphatic carbocycles. The number of hydrogen-bond acceptors (Lipinski definition) is 12. The molecule has 420 valence electrons. The van der Waals surface area contributed by atoms with Gasteiger partial charge in [-0.25, -0.2) is 24.1 Å². The fraction of sp³-hybridized carbons (Fsp3) is 0.200. The van der Waals surface area contributed by atoms with E-state index in [1.807, 2.05) is 92.7 Å². The average molecular weight is 1120 g/mol. The molecule has 10 aromatic rings. The lowest BCUT2D eigenvalue weighted by atomic mass is 10.0. The number of hydrogen-bond donors (Lipinski definition) is 3. The molecule has 1 amide bonds. The third-order valence-electron chi connectivity index (χ3n) is 13.3. The summed E-state index contributed by atoms with van der Waals surface area (Å²) in [6.07, 6.45) is -6.48.